The van der Waals surface area contributed by atoms with E-state index in [0.29, 0.717) is 5.69 Å². The number of aliphatic hydroxyl groups is 1. The minimum absolute atomic E-state index is 0.00191. The van der Waals surface area contributed by atoms with Crippen molar-refractivity contribution in [1.82, 2.24) is 10.2 Å². The lowest BCUT2D eigenvalue weighted by Crippen LogP contribution is -2.40. The molecule has 1 heterocycles. The van der Waals surface area contributed by atoms with Gasteiger partial charge in [-0.05, 0) is 37.5 Å². The molecule has 6 nitrogen and oxygen atoms in total. The first kappa shape index (κ1) is 15.3. The molecule has 0 aliphatic carbocycles. The predicted molar refractivity (Wildman–Crippen MR) is 79.9 cm³/mol. The Balaban J connectivity index is 1.81. The van der Waals surface area contributed by atoms with Gasteiger partial charge in [-0.15, -0.1) is 0 Å². The number of rotatable bonds is 4. The number of amides is 3. The summed E-state index contributed by atoms with van der Waals surface area (Å²) in [5.74, 6) is -0.0552. The molecular formula is C15H21N3O3. The van der Waals surface area contributed by atoms with Crippen LogP contribution in [0.2, 0.25) is 0 Å². The zero-order chi connectivity index (χ0) is 15.2. The van der Waals surface area contributed by atoms with Gasteiger partial charge in [-0.1, -0.05) is 12.1 Å². The molecular weight excluding hydrogens is 270 g/mol. The van der Waals surface area contributed by atoms with Gasteiger partial charge < -0.3 is 20.6 Å². The molecule has 1 aromatic carbocycles. The van der Waals surface area contributed by atoms with Crippen LogP contribution in [0.4, 0.5) is 10.5 Å². The number of urea groups is 1. The molecule has 0 radical (unpaired) electrons. The normalized spacial score (nSPS) is 15.6. The maximum Gasteiger partial charge on any atom is 0.319 e. The highest BCUT2D eigenvalue weighted by Gasteiger charge is 2.18. The van der Waals surface area contributed by atoms with Crippen LogP contribution in [0, 0.1) is 0 Å². The van der Waals surface area contributed by atoms with Crippen molar-refractivity contribution < 1.29 is 14.7 Å². The third-order valence-corrected chi connectivity index (χ3v) is 3.49. The second-order valence-electron chi connectivity index (χ2n) is 5.20. The Hall–Kier alpha value is -2.08. The topological polar surface area (TPSA) is 81.7 Å². The average Bonchev–Trinajstić information content (AvgIpc) is 2.99. The Morgan fingerprint density at radius 1 is 1.33 bits per heavy atom. The van der Waals surface area contributed by atoms with Gasteiger partial charge in [0, 0.05) is 18.8 Å². The maximum atomic E-state index is 11.8. The van der Waals surface area contributed by atoms with Crippen molar-refractivity contribution in [3.8, 4) is 0 Å². The third kappa shape index (κ3) is 4.46. The first-order chi connectivity index (χ1) is 10.1. The minimum atomic E-state index is -0.591. The highest BCUT2D eigenvalue weighted by Crippen LogP contribution is 2.16. The number of hydrogen-bond acceptors (Lipinski definition) is 3. The molecule has 114 valence electrons. The summed E-state index contributed by atoms with van der Waals surface area (Å²) in [6.45, 7) is 3.22. The molecule has 1 aromatic rings. The maximum absolute atomic E-state index is 11.8. The highest BCUT2D eigenvalue weighted by atomic mass is 16.3. The van der Waals surface area contributed by atoms with E-state index in [9.17, 15) is 14.7 Å². The van der Waals surface area contributed by atoms with E-state index in [1.807, 2.05) is 0 Å². The van der Waals surface area contributed by atoms with E-state index in [-0.39, 0.29) is 12.5 Å². The fraction of sp³-hybridized carbons (Fsp3) is 0.467. The molecule has 0 spiro atoms. The van der Waals surface area contributed by atoms with E-state index in [1.165, 1.54) is 0 Å². The van der Waals surface area contributed by atoms with E-state index in [2.05, 4.69) is 10.6 Å². The lowest BCUT2D eigenvalue weighted by atomic mass is 10.1. The SMILES string of the molecule is CC(O)c1cccc(NC(=O)NCC(=O)N2CCCC2)c1. The largest absolute Gasteiger partial charge is 0.389 e. The van der Waals surface area contributed by atoms with Gasteiger partial charge in [0.2, 0.25) is 5.91 Å². The minimum Gasteiger partial charge on any atom is -0.389 e. The number of anilines is 1. The number of benzene rings is 1. The van der Waals surface area contributed by atoms with Crippen LogP contribution >= 0.6 is 0 Å². The molecule has 1 fully saturated rings. The second-order valence-corrected chi connectivity index (χ2v) is 5.20. The van der Waals surface area contributed by atoms with Crippen LogP contribution in [-0.2, 0) is 4.79 Å². The van der Waals surface area contributed by atoms with Gasteiger partial charge in [0.1, 0.15) is 0 Å². The first-order valence-electron chi connectivity index (χ1n) is 7.17. The molecule has 1 atom stereocenters. The number of nitrogens with one attached hydrogen (secondary N) is 2. The van der Waals surface area contributed by atoms with Crippen molar-refractivity contribution in [2.24, 2.45) is 0 Å². The van der Waals surface area contributed by atoms with E-state index >= 15 is 0 Å². The van der Waals surface area contributed by atoms with E-state index < -0.39 is 12.1 Å². The van der Waals surface area contributed by atoms with E-state index in [4.69, 9.17) is 0 Å². The zero-order valence-electron chi connectivity index (χ0n) is 12.1. The Kier molecular flexibility index (Phi) is 5.16. The Morgan fingerprint density at radius 3 is 2.71 bits per heavy atom. The van der Waals surface area contributed by atoms with Crippen molar-refractivity contribution in [2.45, 2.75) is 25.9 Å². The molecule has 3 amide bonds. The van der Waals surface area contributed by atoms with Crippen LogP contribution in [0.5, 0.6) is 0 Å². The van der Waals surface area contributed by atoms with Crippen molar-refractivity contribution in [1.29, 1.82) is 0 Å². The summed E-state index contributed by atoms with van der Waals surface area (Å²) in [6, 6.07) is 6.54. The Bertz CT molecular complexity index is 511. The van der Waals surface area contributed by atoms with Crippen LogP contribution < -0.4 is 10.6 Å². The molecule has 1 unspecified atom stereocenters. The molecule has 0 aromatic heterocycles. The monoisotopic (exact) mass is 291 g/mol. The molecule has 6 heteroatoms. The molecule has 21 heavy (non-hydrogen) atoms. The van der Waals surface area contributed by atoms with Gasteiger partial charge in [0.05, 0.1) is 12.6 Å². The summed E-state index contributed by atoms with van der Waals surface area (Å²) in [5.41, 5.74) is 1.31. The van der Waals surface area contributed by atoms with Gasteiger partial charge in [-0.2, -0.15) is 0 Å². The Labute approximate surface area is 124 Å². The van der Waals surface area contributed by atoms with Crippen LogP contribution in [-0.4, -0.2) is 41.6 Å². The third-order valence-electron chi connectivity index (χ3n) is 3.49. The molecule has 2 rings (SSSR count). The lowest BCUT2D eigenvalue weighted by molar-refractivity contribution is -0.128. The second kappa shape index (κ2) is 7.08. The number of carbonyl (C=O) groups is 2. The zero-order valence-corrected chi connectivity index (χ0v) is 12.1. The standard InChI is InChI=1S/C15H21N3O3/c1-11(19)12-5-4-6-13(9-12)17-15(21)16-10-14(20)18-7-2-3-8-18/h4-6,9,11,19H,2-3,7-8,10H2,1H3,(H2,16,17,21). The van der Waals surface area contributed by atoms with E-state index in [1.54, 1.807) is 36.1 Å². The van der Waals surface area contributed by atoms with Crippen LogP contribution in [0.3, 0.4) is 0 Å². The number of aliphatic hydroxyl groups excluding tert-OH is 1. The average molecular weight is 291 g/mol. The fourth-order valence-corrected chi connectivity index (χ4v) is 2.29. The van der Waals surface area contributed by atoms with Gasteiger partial charge >= 0.3 is 6.03 Å². The van der Waals surface area contributed by atoms with Crippen molar-refractivity contribution in [3.63, 3.8) is 0 Å². The summed E-state index contributed by atoms with van der Waals surface area (Å²) in [6.07, 6.45) is 1.47. The van der Waals surface area contributed by atoms with Crippen LogP contribution in [0.25, 0.3) is 0 Å². The number of hydrogen-bond donors (Lipinski definition) is 3. The van der Waals surface area contributed by atoms with Crippen LogP contribution in [0.1, 0.15) is 31.4 Å². The molecule has 1 saturated heterocycles. The van der Waals surface area contributed by atoms with Crippen molar-refractivity contribution >= 4 is 17.6 Å². The summed E-state index contributed by atoms with van der Waals surface area (Å²) in [7, 11) is 0. The summed E-state index contributed by atoms with van der Waals surface area (Å²) < 4.78 is 0. The molecule has 0 saturated carbocycles. The lowest BCUT2D eigenvalue weighted by Gasteiger charge is -2.15. The van der Waals surface area contributed by atoms with Crippen LogP contribution in [0.15, 0.2) is 24.3 Å². The summed E-state index contributed by atoms with van der Waals surface area (Å²) in [5, 5.41) is 14.7. The van der Waals surface area contributed by atoms with Crippen molar-refractivity contribution in [3.05, 3.63) is 29.8 Å². The van der Waals surface area contributed by atoms with Gasteiger partial charge in [0.15, 0.2) is 0 Å². The predicted octanol–water partition coefficient (Wildman–Crippen LogP) is 1.48. The quantitative estimate of drug-likeness (QED) is 0.786. The molecule has 3 N–H and O–H groups in total. The molecule has 1 aliphatic rings. The van der Waals surface area contributed by atoms with Crippen molar-refractivity contribution in [2.75, 3.05) is 25.0 Å². The number of carbonyl (C=O) groups excluding carboxylic acids is 2. The van der Waals surface area contributed by atoms with E-state index in [0.717, 1.165) is 31.5 Å². The molecule has 1 aliphatic heterocycles. The fourth-order valence-electron chi connectivity index (χ4n) is 2.29. The smallest absolute Gasteiger partial charge is 0.319 e. The first-order valence-corrected chi connectivity index (χ1v) is 7.17. The van der Waals surface area contributed by atoms with Gasteiger partial charge in [0.25, 0.3) is 0 Å². The summed E-state index contributed by atoms with van der Waals surface area (Å²) in [4.78, 5) is 25.3. The highest BCUT2D eigenvalue weighted by molar-refractivity contribution is 5.92. The number of nitrogens with zero attached hydrogens (tertiary/aromatic N) is 1. The van der Waals surface area contributed by atoms with Gasteiger partial charge in [-0.25, -0.2) is 4.79 Å². The molecule has 0 bridgehead atoms. The summed E-state index contributed by atoms with van der Waals surface area (Å²) >= 11 is 0. The number of likely N-dealkylation sites (tertiary alicyclic amines) is 1. The Morgan fingerprint density at radius 2 is 2.05 bits per heavy atom. The van der Waals surface area contributed by atoms with Gasteiger partial charge in [-0.3, -0.25) is 4.79 Å².